The highest BCUT2D eigenvalue weighted by Crippen LogP contribution is 2.34. The molecule has 1 aromatic carbocycles. The lowest BCUT2D eigenvalue weighted by Gasteiger charge is -2.24. The molecule has 0 atom stereocenters. The van der Waals surface area contributed by atoms with Crippen LogP contribution in [0.2, 0.25) is 0 Å². The van der Waals surface area contributed by atoms with E-state index in [1.54, 1.807) is 24.5 Å². The maximum Gasteiger partial charge on any atom is 0.274 e. The SMILES string of the molecule is Cc1cc(N(Cc2ccccc2[N+](=O)[O-])C2CC2)nc(-c2cccnc2)n1. The fourth-order valence-corrected chi connectivity index (χ4v) is 3.11. The van der Waals surface area contributed by atoms with Crippen LogP contribution in [-0.2, 0) is 6.54 Å². The number of hydrogen-bond acceptors (Lipinski definition) is 6. The summed E-state index contributed by atoms with van der Waals surface area (Å²) < 4.78 is 0. The molecule has 0 spiro atoms. The Kier molecular flexibility index (Phi) is 4.50. The van der Waals surface area contributed by atoms with Crippen LogP contribution in [0.5, 0.6) is 0 Å². The van der Waals surface area contributed by atoms with Gasteiger partial charge in [0.05, 0.1) is 11.5 Å². The summed E-state index contributed by atoms with van der Waals surface area (Å²) in [5.41, 5.74) is 2.53. The molecule has 7 nitrogen and oxygen atoms in total. The van der Waals surface area contributed by atoms with Crippen LogP contribution in [-0.4, -0.2) is 25.9 Å². The van der Waals surface area contributed by atoms with Gasteiger partial charge in [-0.3, -0.25) is 15.1 Å². The van der Waals surface area contributed by atoms with E-state index < -0.39 is 0 Å². The van der Waals surface area contributed by atoms with E-state index in [2.05, 4.69) is 14.9 Å². The van der Waals surface area contributed by atoms with Gasteiger partial charge in [-0.25, -0.2) is 9.97 Å². The van der Waals surface area contributed by atoms with E-state index in [1.165, 1.54) is 0 Å². The second kappa shape index (κ2) is 7.11. The van der Waals surface area contributed by atoms with Crippen LogP contribution < -0.4 is 4.90 Å². The third-order valence-corrected chi connectivity index (χ3v) is 4.57. The molecule has 2 aromatic heterocycles. The van der Waals surface area contributed by atoms with Crippen LogP contribution in [0, 0.1) is 17.0 Å². The number of pyridine rings is 1. The fourth-order valence-electron chi connectivity index (χ4n) is 3.11. The Balaban J connectivity index is 1.72. The topological polar surface area (TPSA) is 85.0 Å². The molecule has 1 aliphatic rings. The molecule has 4 rings (SSSR count). The fraction of sp³-hybridized carbons (Fsp3) is 0.250. The average Bonchev–Trinajstić information content (AvgIpc) is 3.51. The molecule has 1 aliphatic carbocycles. The van der Waals surface area contributed by atoms with Crippen molar-refractivity contribution >= 4 is 11.5 Å². The Morgan fingerprint density at radius 2 is 2.00 bits per heavy atom. The van der Waals surface area contributed by atoms with Gasteiger partial charge in [-0.2, -0.15) is 0 Å². The van der Waals surface area contributed by atoms with Crippen molar-refractivity contribution in [1.82, 2.24) is 15.0 Å². The van der Waals surface area contributed by atoms with Gasteiger partial charge in [0, 0.05) is 47.4 Å². The average molecular weight is 361 g/mol. The molecule has 0 saturated heterocycles. The molecule has 0 bridgehead atoms. The second-order valence-electron chi connectivity index (χ2n) is 6.68. The molecule has 3 aromatic rings. The van der Waals surface area contributed by atoms with E-state index in [-0.39, 0.29) is 10.6 Å². The van der Waals surface area contributed by atoms with Crippen molar-refractivity contribution in [3.8, 4) is 11.4 Å². The van der Waals surface area contributed by atoms with E-state index in [1.807, 2.05) is 37.3 Å². The molecule has 0 radical (unpaired) electrons. The van der Waals surface area contributed by atoms with Gasteiger partial charge in [0.1, 0.15) is 5.82 Å². The Hall–Kier alpha value is -3.35. The summed E-state index contributed by atoms with van der Waals surface area (Å²) in [5, 5.41) is 11.4. The number of nitro benzene ring substituents is 1. The highest BCUT2D eigenvalue weighted by atomic mass is 16.6. The molecular formula is C20H19N5O2. The summed E-state index contributed by atoms with van der Waals surface area (Å²) in [7, 11) is 0. The second-order valence-corrected chi connectivity index (χ2v) is 6.68. The number of aryl methyl sites for hydroxylation is 1. The van der Waals surface area contributed by atoms with Crippen molar-refractivity contribution in [1.29, 1.82) is 0 Å². The minimum absolute atomic E-state index is 0.140. The molecule has 0 aliphatic heterocycles. The Labute approximate surface area is 156 Å². The zero-order valence-electron chi connectivity index (χ0n) is 14.9. The lowest BCUT2D eigenvalue weighted by atomic mass is 10.1. The zero-order chi connectivity index (χ0) is 18.8. The first-order chi connectivity index (χ1) is 13.1. The van der Waals surface area contributed by atoms with Gasteiger partial charge in [0.2, 0.25) is 0 Å². The monoisotopic (exact) mass is 361 g/mol. The Morgan fingerprint density at radius 1 is 1.19 bits per heavy atom. The number of rotatable bonds is 6. The van der Waals surface area contributed by atoms with Crippen molar-refractivity contribution in [3.63, 3.8) is 0 Å². The van der Waals surface area contributed by atoms with Crippen LogP contribution in [0.25, 0.3) is 11.4 Å². The van der Waals surface area contributed by atoms with Crippen molar-refractivity contribution in [2.45, 2.75) is 32.4 Å². The summed E-state index contributed by atoms with van der Waals surface area (Å²) in [6.07, 6.45) is 5.57. The Bertz CT molecular complexity index is 973. The normalized spacial score (nSPS) is 13.4. The lowest BCUT2D eigenvalue weighted by molar-refractivity contribution is -0.385. The molecule has 27 heavy (non-hydrogen) atoms. The Morgan fingerprint density at radius 3 is 2.70 bits per heavy atom. The van der Waals surface area contributed by atoms with Gasteiger partial charge in [0.15, 0.2) is 5.82 Å². The highest BCUT2D eigenvalue weighted by molar-refractivity contribution is 5.57. The molecule has 0 amide bonds. The summed E-state index contributed by atoms with van der Waals surface area (Å²) in [4.78, 5) is 26.6. The van der Waals surface area contributed by atoms with Crippen LogP contribution in [0.15, 0.2) is 54.9 Å². The van der Waals surface area contributed by atoms with Gasteiger partial charge in [-0.05, 0) is 31.9 Å². The third-order valence-electron chi connectivity index (χ3n) is 4.57. The number of anilines is 1. The van der Waals surface area contributed by atoms with E-state index >= 15 is 0 Å². The minimum atomic E-state index is -0.327. The van der Waals surface area contributed by atoms with Gasteiger partial charge >= 0.3 is 0 Å². The molecule has 136 valence electrons. The number of hydrogen-bond donors (Lipinski definition) is 0. The smallest absolute Gasteiger partial charge is 0.274 e. The van der Waals surface area contributed by atoms with E-state index in [9.17, 15) is 10.1 Å². The van der Waals surface area contributed by atoms with E-state index in [0.717, 1.165) is 29.9 Å². The molecule has 1 fully saturated rings. The summed E-state index contributed by atoms with van der Waals surface area (Å²) in [6.45, 7) is 2.38. The predicted octanol–water partition coefficient (Wildman–Crippen LogP) is 3.92. The van der Waals surface area contributed by atoms with Gasteiger partial charge < -0.3 is 4.90 Å². The largest absolute Gasteiger partial charge is 0.349 e. The number of benzene rings is 1. The molecule has 1 saturated carbocycles. The van der Waals surface area contributed by atoms with E-state index in [0.29, 0.717) is 24.0 Å². The van der Waals surface area contributed by atoms with Crippen molar-refractivity contribution in [2.75, 3.05) is 4.90 Å². The first-order valence-electron chi connectivity index (χ1n) is 8.87. The quantitative estimate of drug-likeness (QED) is 0.488. The molecular weight excluding hydrogens is 342 g/mol. The molecule has 2 heterocycles. The highest BCUT2D eigenvalue weighted by Gasteiger charge is 2.32. The lowest BCUT2D eigenvalue weighted by Crippen LogP contribution is -2.26. The van der Waals surface area contributed by atoms with Crippen LogP contribution in [0.3, 0.4) is 0 Å². The van der Waals surface area contributed by atoms with Gasteiger partial charge in [-0.15, -0.1) is 0 Å². The summed E-state index contributed by atoms with van der Waals surface area (Å²) in [6, 6.07) is 12.9. The number of aromatic nitrogens is 3. The first kappa shape index (κ1) is 17.1. The first-order valence-corrected chi connectivity index (χ1v) is 8.87. The van der Waals surface area contributed by atoms with Crippen molar-refractivity contribution in [3.05, 3.63) is 76.2 Å². The number of nitro groups is 1. The zero-order valence-corrected chi connectivity index (χ0v) is 14.9. The van der Waals surface area contributed by atoms with Crippen LogP contribution in [0.1, 0.15) is 24.1 Å². The summed E-state index contributed by atoms with van der Waals surface area (Å²) in [5.74, 6) is 1.41. The number of para-hydroxylation sites is 1. The molecule has 0 N–H and O–H groups in total. The standard InChI is InChI=1S/C20H19N5O2/c1-14-11-19(23-20(22-14)15-6-4-10-21-12-15)24(17-8-9-17)13-16-5-2-3-7-18(16)25(26)27/h2-7,10-12,17H,8-9,13H2,1H3. The minimum Gasteiger partial charge on any atom is -0.349 e. The maximum absolute atomic E-state index is 11.4. The van der Waals surface area contributed by atoms with Crippen molar-refractivity contribution in [2.24, 2.45) is 0 Å². The predicted molar refractivity (Wildman–Crippen MR) is 102 cm³/mol. The summed E-state index contributed by atoms with van der Waals surface area (Å²) >= 11 is 0. The van der Waals surface area contributed by atoms with Crippen LogP contribution in [0.4, 0.5) is 11.5 Å². The van der Waals surface area contributed by atoms with Gasteiger partial charge in [-0.1, -0.05) is 18.2 Å². The molecule has 7 heteroatoms. The maximum atomic E-state index is 11.4. The van der Waals surface area contributed by atoms with E-state index in [4.69, 9.17) is 4.98 Å². The van der Waals surface area contributed by atoms with Gasteiger partial charge in [0.25, 0.3) is 5.69 Å². The molecule has 0 unspecified atom stereocenters. The van der Waals surface area contributed by atoms with Crippen LogP contribution >= 0.6 is 0 Å². The van der Waals surface area contributed by atoms with Crippen molar-refractivity contribution < 1.29 is 4.92 Å². The number of nitrogens with zero attached hydrogens (tertiary/aromatic N) is 5. The third kappa shape index (κ3) is 3.76.